The number of halogens is 3. The van der Waals surface area contributed by atoms with Gasteiger partial charge in [-0.2, -0.15) is 0 Å². The Kier molecular flexibility index (Phi) is 12.9. The topological polar surface area (TPSA) is 88.2 Å². The molecule has 0 radical (unpaired) electrons. The first kappa shape index (κ1) is 36.5. The van der Waals surface area contributed by atoms with Crippen LogP contribution in [0.5, 0.6) is 5.75 Å². The van der Waals surface area contributed by atoms with E-state index in [0.717, 1.165) is 35.1 Å². The first-order valence-corrected chi connectivity index (χ1v) is 17.9. The van der Waals surface area contributed by atoms with Crippen molar-refractivity contribution in [2.45, 2.75) is 64.1 Å². The molecule has 1 saturated heterocycles. The predicted octanol–water partition coefficient (Wildman–Crippen LogP) is 6.97. The summed E-state index contributed by atoms with van der Waals surface area (Å²) in [6.45, 7) is 4.14. The average Bonchev–Trinajstić information content (AvgIpc) is 3.10. The van der Waals surface area contributed by atoms with Crippen molar-refractivity contribution in [1.29, 1.82) is 0 Å². The fourth-order valence-electron chi connectivity index (χ4n) is 6.46. The van der Waals surface area contributed by atoms with Crippen molar-refractivity contribution in [1.82, 2.24) is 15.1 Å². The molecule has 2 bridgehead atoms. The zero-order valence-corrected chi connectivity index (χ0v) is 30.2. The maximum Gasteiger partial charge on any atom is 0.305 e. The van der Waals surface area contributed by atoms with Crippen molar-refractivity contribution >= 4 is 50.9 Å². The van der Waals surface area contributed by atoms with E-state index in [1.807, 2.05) is 36.1 Å². The minimum absolute atomic E-state index is 0.0209. The summed E-state index contributed by atoms with van der Waals surface area (Å²) in [6.07, 6.45) is 2.96. The molecule has 2 amide bonds. The van der Waals surface area contributed by atoms with Gasteiger partial charge in [-0.15, -0.1) is 0 Å². The number of piperazine rings is 1. The van der Waals surface area contributed by atoms with Crippen LogP contribution in [0.4, 0.5) is 4.39 Å². The third-order valence-corrected chi connectivity index (χ3v) is 10.1. The highest BCUT2D eigenvalue weighted by Gasteiger charge is 2.40. The van der Waals surface area contributed by atoms with Gasteiger partial charge >= 0.3 is 5.97 Å². The Morgan fingerprint density at radius 1 is 1.04 bits per heavy atom. The molecule has 0 saturated carbocycles. The van der Waals surface area contributed by atoms with Crippen LogP contribution in [0.3, 0.4) is 0 Å². The first-order chi connectivity index (χ1) is 23.7. The van der Waals surface area contributed by atoms with Crippen LogP contribution in [0.2, 0.25) is 5.02 Å². The summed E-state index contributed by atoms with van der Waals surface area (Å²) in [5.41, 5.74) is 4.63. The van der Waals surface area contributed by atoms with Gasteiger partial charge in [0.2, 0.25) is 5.91 Å². The molecule has 1 N–H and O–H groups in total. The molecule has 2 heterocycles. The van der Waals surface area contributed by atoms with Crippen molar-refractivity contribution in [3.63, 3.8) is 0 Å². The standard InChI is InChI=1S/C38H42BrClFN3O5/c1-3-43(22-27-9-4-5-10-32(27)40)38(47)37-30(21-29-23-44(24-33(37)42-29)35(45)11-6-12-36(46)48-2)26-15-13-25(14-16-26)8-7-19-49-34-20-28(41)17-18-31(34)39/h4-5,9-10,13-18,20,29,33,42H,3,6-8,11-12,19,21-24H2,1-2H3/t29-,33-/m1/s1. The minimum atomic E-state index is -0.348. The number of esters is 1. The van der Waals surface area contributed by atoms with E-state index >= 15 is 0 Å². The first-order valence-electron chi connectivity index (χ1n) is 16.7. The zero-order valence-electron chi connectivity index (χ0n) is 27.9. The second-order valence-corrected chi connectivity index (χ2v) is 13.6. The maximum atomic E-state index is 14.5. The van der Waals surface area contributed by atoms with Crippen molar-refractivity contribution in [3.8, 4) is 5.75 Å². The van der Waals surface area contributed by atoms with Gasteiger partial charge in [0.1, 0.15) is 11.6 Å². The van der Waals surface area contributed by atoms with Gasteiger partial charge in [-0.3, -0.25) is 14.4 Å². The van der Waals surface area contributed by atoms with Gasteiger partial charge in [-0.1, -0.05) is 54.1 Å². The van der Waals surface area contributed by atoms with E-state index in [9.17, 15) is 18.8 Å². The van der Waals surface area contributed by atoms with E-state index in [1.54, 1.807) is 11.0 Å². The molecule has 2 atom stereocenters. The quantitative estimate of drug-likeness (QED) is 0.141. The second-order valence-electron chi connectivity index (χ2n) is 12.4. The number of rotatable bonds is 14. The fourth-order valence-corrected chi connectivity index (χ4v) is 7.02. The van der Waals surface area contributed by atoms with Crippen LogP contribution in [-0.4, -0.2) is 73.0 Å². The van der Waals surface area contributed by atoms with Crippen LogP contribution in [0, 0.1) is 5.82 Å². The monoisotopic (exact) mass is 753 g/mol. The molecule has 0 aliphatic carbocycles. The summed E-state index contributed by atoms with van der Waals surface area (Å²) in [7, 11) is 1.34. The number of carbonyl (C=O) groups is 3. The Labute approximate surface area is 300 Å². The number of aryl methyl sites for hydroxylation is 1. The molecule has 260 valence electrons. The minimum Gasteiger partial charge on any atom is -0.492 e. The number of ether oxygens (including phenoxy) is 2. The molecular formula is C38H42BrClFN3O5. The molecule has 8 nitrogen and oxygen atoms in total. The molecule has 2 aliphatic heterocycles. The maximum absolute atomic E-state index is 14.5. The van der Waals surface area contributed by atoms with Crippen LogP contribution in [0.25, 0.3) is 5.57 Å². The number of hydrogen-bond donors (Lipinski definition) is 1. The summed E-state index contributed by atoms with van der Waals surface area (Å²) in [5, 5.41) is 4.24. The summed E-state index contributed by atoms with van der Waals surface area (Å²) in [4.78, 5) is 42.9. The molecule has 5 rings (SSSR count). The Balaban J connectivity index is 1.35. The van der Waals surface area contributed by atoms with E-state index < -0.39 is 0 Å². The second kappa shape index (κ2) is 17.3. The smallest absolute Gasteiger partial charge is 0.305 e. The molecule has 3 aromatic rings. The fraction of sp³-hybridized carbons (Fsp3) is 0.395. The normalized spacial score (nSPS) is 17.1. The molecule has 49 heavy (non-hydrogen) atoms. The van der Waals surface area contributed by atoms with E-state index in [0.29, 0.717) is 66.4 Å². The number of methoxy groups -OCH3 is 1. The number of fused-ring (bicyclic) bond motifs is 2. The lowest BCUT2D eigenvalue weighted by Crippen LogP contribution is -2.62. The van der Waals surface area contributed by atoms with Gasteiger partial charge in [-0.25, -0.2) is 4.39 Å². The number of carbonyl (C=O) groups excluding carboxylic acids is 3. The third-order valence-electron chi connectivity index (χ3n) is 9.04. The lowest BCUT2D eigenvalue weighted by atomic mass is 9.82. The van der Waals surface area contributed by atoms with Crippen molar-refractivity contribution in [3.05, 3.63) is 104 Å². The molecule has 0 unspecified atom stereocenters. The van der Waals surface area contributed by atoms with Gasteiger partial charge in [0.25, 0.3) is 5.91 Å². The number of nitrogens with one attached hydrogen (secondary N) is 1. The summed E-state index contributed by atoms with van der Waals surface area (Å²) in [6, 6.07) is 19.9. The van der Waals surface area contributed by atoms with Gasteiger partial charge < -0.3 is 24.6 Å². The highest BCUT2D eigenvalue weighted by atomic mass is 79.9. The Bertz CT molecular complexity index is 1680. The van der Waals surface area contributed by atoms with Crippen molar-refractivity contribution in [2.24, 2.45) is 0 Å². The lowest BCUT2D eigenvalue weighted by Gasteiger charge is -2.45. The molecule has 1 fully saturated rings. The van der Waals surface area contributed by atoms with Crippen molar-refractivity contribution < 1.29 is 28.2 Å². The molecule has 11 heteroatoms. The molecule has 0 spiro atoms. The predicted molar refractivity (Wildman–Crippen MR) is 192 cm³/mol. The third kappa shape index (κ3) is 9.50. The number of nitrogens with zero attached hydrogens (tertiary/aromatic N) is 2. The van der Waals surface area contributed by atoms with E-state index in [-0.39, 0.29) is 48.5 Å². The highest BCUT2D eigenvalue weighted by Crippen LogP contribution is 2.35. The summed E-state index contributed by atoms with van der Waals surface area (Å²) >= 11 is 9.89. The molecule has 3 aromatic carbocycles. The lowest BCUT2D eigenvalue weighted by molar-refractivity contribution is -0.141. The van der Waals surface area contributed by atoms with Gasteiger partial charge in [0.05, 0.1) is 24.2 Å². The number of likely N-dealkylation sites (N-methyl/N-ethyl adjacent to an activating group) is 1. The largest absolute Gasteiger partial charge is 0.492 e. The Hall–Kier alpha value is -3.73. The van der Waals surface area contributed by atoms with Crippen LogP contribution in [0.15, 0.2) is 76.8 Å². The molecular weight excluding hydrogens is 713 g/mol. The van der Waals surface area contributed by atoms with Crippen LogP contribution in [-0.2, 0) is 32.1 Å². The molecule has 2 aliphatic rings. The molecule has 0 aromatic heterocycles. The average molecular weight is 755 g/mol. The number of benzene rings is 3. The van der Waals surface area contributed by atoms with Crippen molar-refractivity contribution in [2.75, 3.05) is 33.4 Å². The van der Waals surface area contributed by atoms with E-state index in [2.05, 4.69) is 45.5 Å². The summed E-state index contributed by atoms with van der Waals surface area (Å²) < 4.78 is 24.8. The zero-order chi connectivity index (χ0) is 34.9. The van der Waals surface area contributed by atoms with Crippen LogP contribution >= 0.6 is 27.5 Å². The van der Waals surface area contributed by atoms with Gasteiger partial charge in [0.15, 0.2) is 0 Å². The van der Waals surface area contributed by atoms with E-state index in [4.69, 9.17) is 21.1 Å². The van der Waals surface area contributed by atoms with Gasteiger partial charge in [-0.05, 0) is 89.0 Å². The van der Waals surface area contributed by atoms with Crippen LogP contribution in [0.1, 0.15) is 55.7 Å². The van der Waals surface area contributed by atoms with Crippen LogP contribution < -0.4 is 10.1 Å². The Morgan fingerprint density at radius 2 is 1.82 bits per heavy atom. The summed E-state index contributed by atoms with van der Waals surface area (Å²) in [5.74, 6) is -0.313. The highest BCUT2D eigenvalue weighted by molar-refractivity contribution is 9.10. The number of amides is 2. The van der Waals surface area contributed by atoms with E-state index in [1.165, 1.54) is 19.2 Å². The Morgan fingerprint density at radius 3 is 2.55 bits per heavy atom. The number of hydrogen-bond acceptors (Lipinski definition) is 6. The van der Waals surface area contributed by atoms with Gasteiger partial charge in [0, 0.05) is 61.7 Å². The SMILES string of the molecule is CCN(Cc1ccccc1Cl)C(=O)C1=C(c2ccc(CCCOc3cc(F)ccc3Br)cc2)C[C@@H]2CN(C(=O)CCCC(=O)OC)C[C@H]1N2.